The Hall–Kier alpha value is -3.35. The number of ether oxygens (including phenoxy) is 2. The third-order valence-electron chi connectivity index (χ3n) is 7.50. The van der Waals surface area contributed by atoms with Crippen molar-refractivity contribution in [2.45, 2.75) is 30.4 Å². The van der Waals surface area contributed by atoms with E-state index in [0.29, 0.717) is 5.76 Å². The molecule has 0 saturated carbocycles. The summed E-state index contributed by atoms with van der Waals surface area (Å²) >= 11 is 0. The van der Waals surface area contributed by atoms with Gasteiger partial charge in [0, 0.05) is 19.1 Å². The normalized spacial score (nSPS) is 21.3. The molecule has 1 spiro atoms. The quantitative estimate of drug-likeness (QED) is 0.533. The summed E-state index contributed by atoms with van der Waals surface area (Å²) in [5.41, 5.74) is 3.48. The summed E-state index contributed by atoms with van der Waals surface area (Å²) in [5.74, 6) is 0.971. The average Bonchev–Trinajstić information content (AvgIpc) is 3.52. The van der Waals surface area contributed by atoms with E-state index in [1.165, 1.54) is 17.4 Å². The zero-order valence-corrected chi connectivity index (χ0v) is 20.3. The van der Waals surface area contributed by atoms with Crippen LogP contribution in [0.5, 0.6) is 5.75 Å². The van der Waals surface area contributed by atoms with Gasteiger partial charge in [0.25, 0.3) is 5.91 Å². The Morgan fingerprint density at radius 2 is 1.86 bits per heavy atom. The number of nitrogens with one attached hydrogen (secondary N) is 1. The van der Waals surface area contributed by atoms with Gasteiger partial charge in [-0.3, -0.25) is 9.69 Å². The molecule has 1 N–H and O–H groups in total. The molecule has 2 aromatic carbocycles. The maximum absolute atomic E-state index is 12.8. The Kier molecular flexibility index (Phi) is 6.75. The van der Waals surface area contributed by atoms with Gasteiger partial charge < -0.3 is 19.2 Å². The molecular weight excluding hydrogens is 440 g/mol. The minimum atomic E-state index is -0.213. The van der Waals surface area contributed by atoms with Gasteiger partial charge in [0.2, 0.25) is 0 Å². The second kappa shape index (κ2) is 10.1. The number of nitrogens with zero attached hydrogens (tertiary/aromatic N) is 1. The van der Waals surface area contributed by atoms with Crippen molar-refractivity contribution in [3.63, 3.8) is 0 Å². The first-order valence-electron chi connectivity index (χ1n) is 12.1. The first-order chi connectivity index (χ1) is 17.1. The number of furan rings is 1. The smallest absolute Gasteiger partial charge is 0.287 e. The highest BCUT2D eigenvalue weighted by atomic mass is 16.5. The van der Waals surface area contributed by atoms with Crippen LogP contribution in [0.15, 0.2) is 77.4 Å². The van der Waals surface area contributed by atoms with Crippen LogP contribution in [0, 0.1) is 0 Å². The molecule has 1 aliphatic carbocycles. The predicted molar refractivity (Wildman–Crippen MR) is 136 cm³/mol. The largest absolute Gasteiger partial charge is 0.497 e. The molecule has 2 atom stereocenters. The lowest BCUT2D eigenvalue weighted by atomic mass is 9.72. The molecular formula is C29H32N2O4. The maximum Gasteiger partial charge on any atom is 0.287 e. The molecule has 2 heterocycles. The lowest BCUT2D eigenvalue weighted by Gasteiger charge is -2.44. The third kappa shape index (κ3) is 4.51. The molecule has 1 aromatic heterocycles. The molecule has 182 valence electrons. The maximum atomic E-state index is 12.8. The Morgan fingerprint density at radius 3 is 2.54 bits per heavy atom. The minimum Gasteiger partial charge on any atom is -0.497 e. The van der Waals surface area contributed by atoms with Gasteiger partial charge in [-0.1, -0.05) is 48.6 Å². The molecule has 1 aliphatic heterocycles. The third-order valence-corrected chi connectivity index (χ3v) is 7.50. The Labute approximate surface area is 206 Å². The number of benzene rings is 2. The van der Waals surface area contributed by atoms with Crippen LogP contribution >= 0.6 is 0 Å². The Bertz CT molecular complexity index is 1160. The second-order valence-corrected chi connectivity index (χ2v) is 9.30. The van der Waals surface area contributed by atoms with Gasteiger partial charge >= 0.3 is 0 Å². The number of rotatable bonds is 7. The van der Waals surface area contributed by atoms with E-state index in [-0.39, 0.29) is 23.5 Å². The van der Waals surface area contributed by atoms with Gasteiger partial charge in [0.15, 0.2) is 5.76 Å². The number of carbonyl (C=O) groups is 1. The number of hydrogen-bond donors (Lipinski definition) is 1. The fourth-order valence-corrected chi connectivity index (χ4v) is 5.73. The zero-order chi connectivity index (χ0) is 24.3. The number of hydrogen-bond acceptors (Lipinski definition) is 5. The van der Waals surface area contributed by atoms with Gasteiger partial charge in [-0.25, -0.2) is 0 Å². The second-order valence-electron chi connectivity index (χ2n) is 9.30. The minimum absolute atomic E-state index is 0.122. The molecule has 0 radical (unpaired) electrons. The van der Waals surface area contributed by atoms with Gasteiger partial charge in [0.1, 0.15) is 5.75 Å². The van der Waals surface area contributed by atoms with Crippen LogP contribution in [0.1, 0.15) is 46.1 Å². The molecule has 1 saturated heterocycles. The van der Waals surface area contributed by atoms with Crippen LogP contribution in [0.2, 0.25) is 0 Å². The van der Waals surface area contributed by atoms with E-state index >= 15 is 0 Å². The van der Waals surface area contributed by atoms with Gasteiger partial charge in [-0.15, -0.1) is 0 Å². The van der Waals surface area contributed by atoms with Crippen LogP contribution in [-0.4, -0.2) is 50.8 Å². The van der Waals surface area contributed by atoms with Gasteiger partial charge in [0.05, 0.1) is 25.5 Å². The van der Waals surface area contributed by atoms with E-state index in [4.69, 9.17) is 13.9 Å². The SMILES string of the molecule is COc1ccc(C=CCN2CCC3(CC2)c2ccccc2[C@@H](NC(=O)c2ccco2)[C@@H]3OC)cc1. The van der Waals surface area contributed by atoms with E-state index in [9.17, 15) is 4.79 Å². The number of piperidine rings is 1. The molecule has 35 heavy (non-hydrogen) atoms. The fourth-order valence-electron chi connectivity index (χ4n) is 5.73. The topological polar surface area (TPSA) is 63.9 Å². The highest BCUT2D eigenvalue weighted by molar-refractivity contribution is 5.91. The van der Waals surface area contributed by atoms with Crippen LogP contribution in [0.3, 0.4) is 0 Å². The van der Waals surface area contributed by atoms with E-state index in [1.807, 2.05) is 18.2 Å². The van der Waals surface area contributed by atoms with Crippen molar-refractivity contribution in [1.82, 2.24) is 10.2 Å². The monoisotopic (exact) mass is 472 g/mol. The highest BCUT2D eigenvalue weighted by Gasteiger charge is 2.54. The summed E-state index contributed by atoms with van der Waals surface area (Å²) in [4.78, 5) is 15.3. The molecule has 6 heteroatoms. The summed E-state index contributed by atoms with van der Waals surface area (Å²) in [6, 6.07) is 19.7. The van der Waals surface area contributed by atoms with E-state index in [0.717, 1.165) is 43.8 Å². The van der Waals surface area contributed by atoms with Crippen molar-refractivity contribution in [2.75, 3.05) is 33.9 Å². The van der Waals surface area contributed by atoms with Crippen LogP contribution in [0.25, 0.3) is 6.08 Å². The average molecular weight is 473 g/mol. The lowest BCUT2D eigenvalue weighted by molar-refractivity contribution is -0.00992. The number of carbonyl (C=O) groups excluding carboxylic acids is 1. The molecule has 1 fully saturated rings. The van der Waals surface area contributed by atoms with Gasteiger partial charge in [-0.2, -0.15) is 0 Å². The first-order valence-corrected chi connectivity index (χ1v) is 12.1. The molecule has 3 aromatic rings. The highest BCUT2D eigenvalue weighted by Crippen LogP contribution is 2.52. The number of fused-ring (bicyclic) bond motifs is 2. The summed E-state index contributed by atoms with van der Waals surface area (Å²) in [7, 11) is 3.44. The summed E-state index contributed by atoms with van der Waals surface area (Å²) in [6.07, 6.45) is 7.73. The van der Waals surface area contributed by atoms with E-state index < -0.39 is 0 Å². The molecule has 6 nitrogen and oxygen atoms in total. The van der Waals surface area contributed by atoms with Crippen molar-refractivity contribution in [3.05, 3.63) is 95.5 Å². The number of amides is 1. The van der Waals surface area contributed by atoms with Crippen molar-refractivity contribution in [2.24, 2.45) is 0 Å². The molecule has 1 amide bonds. The first kappa shape index (κ1) is 23.4. The lowest BCUT2D eigenvalue weighted by Crippen LogP contribution is -2.50. The summed E-state index contributed by atoms with van der Waals surface area (Å²) in [6.45, 7) is 2.85. The van der Waals surface area contributed by atoms with E-state index in [1.54, 1.807) is 26.4 Å². The standard InChI is InChI=1S/C29H32N2O4/c1-33-22-13-11-21(12-14-22)7-5-17-31-18-15-29(16-19-31)24-9-4-3-8-23(24)26(27(29)34-2)30-28(32)25-10-6-20-35-25/h3-14,20,26-27H,15-19H2,1-2H3,(H,30,32)/t26-,27+/m1/s1. The number of methoxy groups -OCH3 is 2. The molecule has 0 bridgehead atoms. The van der Waals surface area contributed by atoms with Crippen molar-refractivity contribution in [1.29, 1.82) is 0 Å². The van der Waals surface area contributed by atoms with Crippen LogP contribution in [-0.2, 0) is 10.2 Å². The van der Waals surface area contributed by atoms with Crippen molar-refractivity contribution in [3.8, 4) is 5.75 Å². The van der Waals surface area contributed by atoms with Crippen molar-refractivity contribution >= 4 is 12.0 Å². The number of likely N-dealkylation sites (tertiary alicyclic amines) is 1. The Balaban J connectivity index is 1.29. The van der Waals surface area contributed by atoms with Crippen LogP contribution in [0.4, 0.5) is 0 Å². The fraction of sp³-hybridized carbons (Fsp3) is 0.345. The predicted octanol–water partition coefficient (Wildman–Crippen LogP) is 4.83. The molecule has 0 unspecified atom stereocenters. The van der Waals surface area contributed by atoms with Gasteiger partial charge in [-0.05, 0) is 66.9 Å². The Morgan fingerprint density at radius 1 is 1.09 bits per heavy atom. The summed E-state index contributed by atoms with van der Waals surface area (Å²) in [5, 5.41) is 3.19. The zero-order valence-electron chi connectivity index (χ0n) is 20.3. The van der Waals surface area contributed by atoms with Crippen LogP contribution < -0.4 is 10.1 Å². The molecule has 5 rings (SSSR count). The molecule has 2 aliphatic rings. The van der Waals surface area contributed by atoms with E-state index in [2.05, 4.69) is 52.7 Å². The summed E-state index contributed by atoms with van der Waals surface area (Å²) < 4.78 is 16.7. The van der Waals surface area contributed by atoms with Crippen molar-refractivity contribution < 1.29 is 18.7 Å².